The predicted octanol–water partition coefficient (Wildman–Crippen LogP) is 17.5. The SMILES string of the molecule is [C-]#[N+]c1ccc(C(c2ccccc2)c2cc3c(c4ccccc24)-c2ccc(-c4ccc(N(c5ccccc5)c5c(F)cc(-c6ccccc6)cc5-c5ccccc5)cc4)cc2C3(C)C)cc1. The molecule has 3 heteroatoms. The molecule has 0 fully saturated rings. The Kier molecular flexibility index (Phi) is 10.2. The van der Waals surface area contributed by atoms with Crippen molar-refractivity contribution in [2.75, 3.05) is 4.90 Å². The summed E-state index contributed by atoms with van der Waals surface area (Å²) in [5.74, 6) is -0.323. The Balaban J connectivity index is 1.01. The normalized spacial score (nSPS) is 12.8. The van der Waals surface area contributed by atoms with Crippen molar-refractivity contribution in [3.05, 3.63) is 276 Å². The molecule has 11 rings (SSSR count). The highest BCUT2D eigenvalue weighted by molar-refractivity contribution is 6.05. The Bertz CT molecular complexity index is 3430. The van der Waals surface area contributed by atoms with E-state index in [1.54, 1.807) is 6.07 Å². The van der Waals surface area contributed by atoms with E-state index in [0.717, 1.165) is 50.3 Å². The maximum Gasteiger partial charge on any atom is 0.187 e. The number of hydrogen-bond acceptors (Lipinski definition) is 1. The monoisotopic (exact) mass is 848 g/mol. The van der Waals surface area contributed by atoms with Crippen LogP contribution < -0.4 is 4.90 Å². The van der Waals surface area contributed by atoms with Crippen molar-refractivity contribution in [3.63, 3.8) is 0 Å². The van der Waals surface area contributed by atoms with Gasteiger partial charge in [-0.25, -0.2) is 9.24 Å². The fourth-order valence-electron chi connectivity index (χ4n) is 10.2. The van der Waals surface area contributed by atoms with Gasteiger partial charge in [0.2, 0.25) is 0 Å². The Morgan fingerprint density at radius 3 is 1.67 bits per heavy atom. The van der Waals surface area contributed by atoms with Crippen molar-refractivity contribution in [1.29, 1.82) is 0 Å². The first-order valence-corrected chi connectivity index (χ1v) is 22.5. The number of hydrogen-bond donors (Lipinski definition) is 0. The maximum absolute atomic E-state index is 17.1. The van der Waals surface area contributed by atoms with Gasteiger partial charge in [0.15, 0.2) is 5.69 Å². The molecule has 0 saturated heterocycles. The first-order chi connectivity index (χ1) is 32.4. The topological polar surface area (TPSA) is 7.60 Å². The number of fused-ring (bicyclic) bond motifs is 5. The van der Waals surface area contributed by atoms with Gasteiger partial charge in [0, 0.05) is 28.3 Å². The molecule has 1 aliphatic rings. The summed E-state index contributed by atoms with van der Waals surface area (Å²) in [5.41, 5.74) is 17.1. The highest BCUT2D eigenvalue weighted by Crippen LogP contribution is 2.54. The molecule has 1 aliphatic carbocycles. The number of nitrogens with zero attached hydrogens (tertiary/aromatic N) is 2. The molecular formula is C63H45FN2. The number of rotatable bonds is 9. The summed E-state index contributed by atoms with van der Waals surface area (Å²) in [6.07, 6.45) is 0. The van der Waals surface area contributed by atoms with E-state index in [1.807, 2.05) is 95.9 Å². The lowest BCUT2D eigenvalue weighted by molar-refractivity contribution is 0.630. The third kappa shape index (κ3) is 7.05. The standard InChI is InChI=1S/C63H45FN2/c1-63(2)57-39-47(32-37-54(57)61-53-27-17-16-26-52(53)56(41-58(61)63)60(45-22-12-6-13-23-45)46-28-33-49(65-3)34-29-46)43-30-35-51(36-31-43)66(50-24-14-7-15-25-50)62-55(44-20-10-5-11-21-44)38-48(40-59(62)64)42-18-8-4-9-19-42/h4-41,60H,1-2H3. The van der Waals surface area contributed by atoms with E-state index >= 15 is 4.39 Å². The van der Waals surface area contributed by atoms with Crippen LogP contribution in [0.2, 0.25) is 0 Å². The molecule has 2 nitrogen and oxygen atoms in total. The molecule has 1 unspecified atom stereocenters. The molecule has 0 amide bonds. The van der Waals surface area contributed by atoms with Crippen LogP contribution in [0, 0.1) is 12.4 Å². The highest BCUT2D eigenvalue weighted by Gasteiger charge is 2.38. The van der Waals surface area contributed by atoms with Gasteiger partial charge in [0.25, 0.3) is 0 Å². The van der Waals surface area contributed by atoms with Crippen LogP contribution in [-0.4, -0.2) is 0 Å². The molecule has 0 aliphatic heterocycles. The van der Waals surface area contributed by atoms with Gasteiger partial charge in [0.1, 0.15) is 5.82 Å². The second-order valence-corrected chi connectivity index (χ2v) is 17.7. The van der Waals surface area contributed by atoms with Gasteiger partial charge in [0.05, 0.1) is 12.3 Å². The van der Waals surface area contributed by atoms with E-state index in [2.05, 4.69) is 152 Å². The first-order valence-electron chi connectivity index (χ1n) is 22.5. The first kappa shape index (κ1) is 40.5. The zero-order chi connectivity index (χ0) is 44.8. The summed E-state index contributed by atoms with van der Waals surface area (Å²) in [4.78, 5) is 5.73. The largest absolute Gasteiger partial charge is 0.307 e. The number of benzene rings is 10. The van der Waals surface area contributed by atoms with E-state index < -0.39 is 0 Å². The summed E-state index contributed by atoms with van der Waals surface area (Å²) < 4.78 is 17.1. The third-order valence-electron chi connectivity index (χ3n) is 13.5. The Labute approximate surface area is 386 Å². The molecule has 0 N–H and O–H groups in total. The van der Waals surface area contributed by atoms with Crippen molar-refractivity contribution in [3.8, 4) is 44.5 Å². The minimum atomic E-state index is -0.299. The lowest BCUT2D eigenvalue weighted by Gasteiger charge is -2.29. The molecule has 1 atom stereocenters. The molecule has 0 heterocycles. The minimum Gasteiger partial charge on any atom is -0.307 e. The Morgan fingerprint density at radius 1 is 0.455 bits per heavy atom. The van der Waals surface area contributed by atoms with Gasteiger partial charge in [-0.05, 0) is 120 Å². The number of anilines is 3. The molecule has 66 heavy (non-hydrogen) atoms. The van der Waals surface area contributed by atoms with Gasteiger partial charge >= 0.3 is 0 Å². The highest BCUT2D eigenvalue weighted by atomic mass is 19.1. The van der Waals surface area contributed by atoms with Crippen LogP contribution in [-0.2, 0) is 5.41 Å². The molecule has 0 aromatic heterocycles. The van der Waals surface area contributed by atoms with E-state index in [9.17, 15) is 0 Å². The van der Waals surface area contributed by atoms with E-state index in [0.29, 0.717) is 11.4 Å². The second-order valence-electron chi connectivity index (χ2n) is 17.7. The fraction of sp³-hybridized carbons (Fsp3) is 0.0635. The third-order valence-corrected chi connectivity index (χ3v) is 13.5. The molecule has 10 aromatic rings. The van der Waals surface area contributed by atoms with Crippen LogP contribution in [0.1, 0.15) is 47.6 Å². The van der Waals surface area contributed by atoms with Gasteiger partial charge in [-0.1, -0.05) is 202 Å². The van der Waals surface area contributed by atoms with E-state index in [4.69, 9.17) is 6.57 Å². The maximum atomic E-state index is 17.1. The van der Waals surface area contributed by atoms with Crippen molar-refractivity contribution < 1.29 is 4.39 Å². The van der Waals surface area contributed by atoms with Crippen molar-refractivity contribution >= 4 is 33.5 Å². The Hall–Kier alpha value is -8.32. The predicted molar refractivity (Wildman–Crippen MR) is 273 cm³/mol. The molecule has 0 spiro atoms. The van der Waals surface area contributed by atoms with Gasteiger partial charge in [-0.3, -0.25) is 0 Å². The summed E-state index contributed by atoms with van der Waals surface area (Å²) >= 11 is 0. The summed E-state index contributed by atoms with van der Waals surface area (Å²) in [6.45, 7) is 12.3. The zero-order valence-electron chi connectivity index (χ0n) is 36.8. The van der Waals surface area contributed by atoms with E-state index in [1.165, 1.54) is 44.2 Å². The molecule has 0 radical (unpaired) electrons. The van der Waals surface area contributed by atoms with Crippen LogP contribution in [0.5, 0.6) is 0 Å². The number of para-hydroxylation sites is 1. The summed E-state index contributed by atoms with van der Waals surface area (Å²) in [7, 11) is 0. The van der Waals surface area contributed by atoms with Crippen LogP contribution >= 0.6 is 0 Å². The van der Waals surface area contributed by atoms with E-state index in [-0.39, 0.29) is 17.2 Å². The van der Waals surface area contributed by atoms with Crippen LogP contribution in [0.4, 0.5) is 27.1 Å². The zero-order valence-corrected chi connectivity index (χ0v) is 36.8. The summed E-state index contributed by atoms with van der Waals surface area (Å²) in [5, 5.41) is 2.47. The molecular weight excluding hydrogens is 804 g/mol. The van der Waals surface area contributed by atoms with Crippen LogP contribution in [0.15, 0.2) is 231 Å². The number of halogens is 1. The minimum absolute atomic E-state index is 0.0238. The van der Waals surface area contributed by atoms with Crippen LogP contribution in [0.25, 0.3) is 60.1 Å². The van der Waals surface area contributed by atoms with Crippen molar-refractivity contribution in [2.45, 2.75) is 25.2 Å². The molecule has 0 saturated carbocycles. The fourth-order valence-corrected chi connectivity index (χ4v) is 10.2. The van der Waals surface area contributed by atoms with Crippen molar-refractivity contribution in [1.82, 2.24) is 0 Å². The average molecular weight is 849 g/mol. The molecule has 10 aromatic carbocycles. The second kappa shape index (κ2) is 16.7. The quantitative estimate of drug-likeness (QED) is 0.104. The van der Waals surface area contributed by atoms with Gasteiger partial charge in [-0.15, -0.1) is 0 Å². The smallest absolute Gasteiger partial charge is 0.187 e. The molecule has 0 bridgehead atoms. The van der Waals surface area contributed by atoms with Crippen LogP contribution in [0.3, 0.4) is 0 Å². The lowest BCUT2D eigenvalue weighted by Crippen LogP contribution is -2.16. The van der Waals surface area contributed by atoms with Crippen molar-refractivity contribution in [2.24, 2.45) is 0 Å². The Morgan fingerprint density at radius 2 is 1.00 bits per heavy atom. The van der Waals surface area contributed by atoms with Gasteiger partial charge in [-0.2, -0.15) is 0 Å². The lowest BCUT2D eigenvalue weighted by atomic mass is 9.77. The average Bonchev–Trinajstić information content (AvgIpc) is 3.61. The van der Waals surface area contributed by atoms with Gasteiger partial charge < -0.3 is 4.90 Å². The molecule has 314 valence electrons. The summed E-state index contributed by atoms with van der Waals surface area (Å²) in [6, 6.07) is 79.6.